The molecule has 2 N–H and O–H groups in total. The van der Waals surface area contributed by atoms with E-state index in [1.165, 1.54) is 33.1 Å². The molecular weight excluding hydrogens is 352 g/mol. The Kier molecular flexibility index (Phi) is 7.33. The number of allylic oxidation sites excluding steroid dienone is 1. The number of aromatic hydroxyl groups is 2. The molecule has 1 unspecified atom stereocenters. The number of phenolic OH excluding ortho intramolecular Hbond substituents is 2. The van der Waals surface area contributed by atoms with Gasteiger partial charge in [0.2, 0.25) is 0 Å². The number of ether oxygens (including phenoxy) is 2. The summed E-state index contributed by atoms with van der Waals surface area (Å²) >= 11 is 0. The second-order valence-corrected chi connectivity index (χ2v) is 7.29. The maximum Gasteiger partial charge on any atom is 0.144 e. The van der Waals surface area contributed by atoms with E-state index >= 15 is 0 Å². The third-order valence-electron chi connectivity index (χ3n) is 4.22. The van der Waals surface area contributed by atoms with Gasteiger partial charge in [-0.25, -0.2) is 4.21 Å². The van der Waals surface area contributed by atoms with Gasteiger partial charge in [-0.3, -0.25) is 0 Å². The monoisotopic (exact) mass is 378 g/mol. The number of rotatable bonds is 9. The third kappa shape index (κ3) is 4.30. The van der Waals surface area contributed by atoms with Crippen LogP contribution in [0.15, 0.2) is 34.6 Å². The van der Waals surface area contributed by atoms with Crippen LogP contribution < -0.4 is 9.47 Å². The van der Waals surface area contributed by atoms with Gasteiger partial charge in [0.25, 0.3) is 0 Å². The second-order valence-electron chi connectivity index (χ2n) is 5.98. The van der Waals surface area contributed by atoms with Crippen LogP contribution >= 0.6 is 0 Å². The molecule has 2 aromatic rings. The predicted octanol–water partition coefficient (Wildman–Crippen LogP) is 4.86. The van der Waals surface area contributed by atoms with Gasteiger partial charge in [-0.05, 0) is 25.0 Å². The largest absolute Gasteiger partial charge is 0.507 e. The van der Waals surface area contributed by atoms with Crippen molar-refractivity contribution >= 4 is 21.6 Å². The van der Waals surface area contributed by atoms with Crippen molar-refractivity contribution in [3.63, 3.8) is 0 Å². The molecule has 142 valence electrons. The number of unbranched alkanes of at least 4 members (excludes halogenated alkanes) is 4. The molecule has 0 amide bonds. The lowest BCUT2D eigenvalue weighted by Crippen LogP contribution is -1.94. The molecule has 0 fully saturated rings. The lowest BCUT2D eigenvalue weighted by Gasteiger charge is -2.14. The number of benzene rings is 2. The van der Waals surface area contributed by atoms with Crippen molar-refractivity contribution in [1.82, 2.24) is 0 Å². The zero-order valence-corrected chi connectivity index (χ0v) is 16.3. The Hall–Kier alpha value is -2.21. The molecule has 0 saturated carbocycles. The Labute approximate surface area is 156 Å². The van der Waals surface area contributed by atoms with E-state index in [-0.39, 0.29) is 21.8 Å². The van der Waals surface area contributed by atoms with Crippen LogP contribution in [0.4, 0.5) is 0 Å². The highest BCUT2D eigenvalue weighted by molar-refractivity contribution is 7.88. The number of fused-ring (bicyclic) bond motifs is 1. The summed E-state index contributed by atoms with van der Waals surface area (Å²) in [6.45, 7) is 2.16. The predicted molar refractivity (Wildman–Crippen MR) is 105 cm³/mol. The first-order valence-electron chi connectivity index (χ1n) is 8.72. The van der Waals surface area contributed by atoms with E-state index < -0.39 is 10.8 Å². The number of methoxy groups -OCH3 is 2. The quantitative estimate of drug-likeness (QED) is 0.481. The molecule has 0 aromatic heterocycles. The summed E-state index contributed by atoms with van der Waals surface area (Å²) in [6.07, 6.45) is 7.25. The van der Waals surface area contributed by atoms with Gasteiger partial charge < -0.3 is 19.7 Å². The van der Waals surface area contributed by atoms with Crippen molar-refractivity contribution in [2.24, 2.45) is 0 Å². The molecule has 0 aliphatic rings. The van der Waals surface area contributed by atoms with Gasteiger partial charge in [0.15, 0.2) is 0 Å². The van der Waals surface area contributed by atoms with Crippen LogP contribution in [0.5, 0.6) is 23.0 Å². The van der Waals surface area contributed by atoms with E-state index in [0.29, 0.717) is 16.9 Å². The van der Waals surface area contributed by atoms with E-state index in [4.69, 9.17) is 9.47 Å². The molecular formula is C20H26O5S. The number of phenols is 2. The molecule has 0 bridgehead atoms. The van der Waals surface area contributed by atoms with Crippen LogP contribution in [0.1, 0.15) is 39.0 Å². The highest BCUT2D eigenvalue weighted by Gasteiger charge is 2.21. The first-order chi connectivity index (χ1) is 12.5. The minimum atomic E-state index is -1.57. The maximum atomic E-state index is 12.6. The Bertz CT molecular complexity index is 814. The summed E-state index contributed by atoms with van der Waals surface area (Å²) in [5, 5.41) is 23.3. The summed E-state index contributed by atoms with van der Waals surface area (Å²) in [6, 6.07) is 4.60. The van der Waals surface area contributed by atoms with Crippen LogP contribution in [0, 0.1) is 0 Å². The van der Waals surface area contributed by atoms with Gasteiger partial charge in [0, 0.05) is 11.5 Å². The normalized spacial score (nSPS) is 12.6. The molecule has 0 aliphatic carbocycles. The Morgan fingerprint density at radius 3 is 2.31 bits per heavy atom. The average Bonchev–Trinajstić information content (AvgIpc) is 2.65. The molecule has 2 aromatic carbocycles. The van der Waals surface area contributed by atoms with E-state index in [1.807, 2.05) is 6.08 Å². The van der Waals surface area contributed by atoms with Gasteiger partial charge in [-0.2, -0.15) is 0 Å². The first-order valence-corrected chi connectivity index (χ1v) is 9.93. The average molecular weight is 378 g/mol. The molecule has 5 nitrogen and oxygen atoms in total. The summed E-state index contributed by atoms with van der Waals surface area (Å²) < 4.78 is 23.1. The van der Waals surface area contributed by atoms with Crippen molar-refractivity contribution in [2.75, 3.05) is 14.2 Å². The topological polar surface area (TPSA) is 76.0 Å². The molecule has 0 aliphatic heterocycles. The van der Waals surface area contributed by atoms with Gasteiger partial charge in [0.05, 0.1) is 40.7 Å². The molecule has 2 rings (SSSR count). The zero-order chi connectivity index (χ0) is 19.1. The van der Waals surface area contributed by atoms with E-state index in [2.05, 4.69) is 6.92 Å². The summed E-state index contributed by atoms with van der Waals surface area (Å²) in [5.74, 6) is 0.476. The minimum Gasteiger partial charge on any atom is -0.507 e. The van der Waals surface area contributed by atoms with Crippen molar-refractivity contribution in [3.8, 4) is 23.0 Å². The summed E-state index contributed by atoms with van der Waals surface area (Å²) in [4.78, 5) is 0.145. The highest BCUT2D eigenvalue weighted by Crippen LogP contribution is 2.46. The maximum absolute atomic E-state index is 12.6. The lowest BCUT2D eigenvalue weighted by molar-refractivity contribution is 0.403. The van der Waals surface area contributed by atoms with Crippen molar-refractivity contribution in [3.05, 3.63) is 29.7 Å². The number of hydrogen-bond donors (Lipinski definition) is 2. The fourth-order valence-corrected chi connectivity index (χ4v) is 3.83. The summed E-state index contributed by atoms with van der Waals surface area (Å²) in [7, 11) is 1.37. The third-order valence-corrected chi connectivity index (χ3v) is 5.41. The van der Waals surface area contributed by atoms with Crippen LogP contribution in [0.2, 0.25) is 0 Å². The van der Waals surface area contributed by atoms with Crippen LogP contribution in [0.3, 0.4) is 0 Å². The van der Waals surface area contributed by atoms with E-state index in [1.54, 1.807) is 17.5 Å². The Morgan fingerprint density at radius 1 is 1.04 bits per heavy atom. The second kappa shape index (κ2) is 9.48. The van der Waals surface area contributed by atoms with Crippen molar-refractivity contribution in [1.29, 1.82) is 0 Å². The highest BCUT2D eigenvalue weighted by atomic mass is 32.2. The van der Waals surface area contributed by atoms with Gasteiger partial charge >= 0.3 is 0 Å². The Balaban J connectivity index is 2.38. The fraction of sp³-hybridized carbons (Fsp3) is 0.400. The van der Waals surface area contributed by atoms with E-state index in [9.17, 15) is 14.4 Å². The molecule has 0 saturated heterocycles. The van der Waals surface area contributed by atoms with Crippen LogP contribution in [0.25, 0.3) is 10.8 Å². The molecule has 1 atom stereocenters. The zero-order valence-electron chi connectivity index (χ0n) is 15.4. The van der Waals surface area contributed by atoms with Gasteiger partial charge in [-0.15, -0.1) is 0 Å². The summed E-state index contributed by atoms with van der Waals surface area (Å²) in [5.41, 5.74) is 0. The molecule has 6 heteroatoms. The molecule has 26 heavy (non-hydrogen) atoms. The SMILES string of the molecule is CCCCCCC=CS(=O)c1cc(O)c2c(OC)ccc(OC)c2c1O. The standard InChI is InChI=1S/C20H26O5S/c1-4-5-6-7-8-9-12-26(23)17-13-14(21)18-15(24-2)10-11-16(25-3)19(18)20(17)22/h9-13,21-22H,4-8H2,1-3H3. The lowest BCUT2D eigenvalue weighted by atomic mass is 10.1. The van der Waals surface area contributed by atoms with Gasteiger partial charge in [0.1, 0.15) is 23.0 Å². The van der Waals surface area contributed by atoms with Crippen LogP contribution in [-0.2, 0) is 10.8 Å². The number of hydrogen-bond acceptors (Lipinski definition) is 5. The fourth-order valence-electron chi connectivity index (χ4n) is 2.85. The van der Waals surface area contributed by atoms with Gasteiger partial charge in [-0.1, -0.05) is 32.3 Å². The molecule has 0 heterocycles. The van der Waals surface area contributed by atoms with Crippen molar-refractivity contribution in [2.45, 2.75) is 43.9 Å². The smallest absolute Gasteiger partial charge is 0.144 e. The molecule has 0 radical (unpaired) electrons. The first kappa shape index (κ1) is 20.1. The molecule has 0 spiro atoms. The van der Waals surface area contributed by atoms with Crippen LogP contribution in [-0.4, -0.2) is 28.6 Å². The van der Waals surface area contributed by atoms with E-state index in [0.717, 1.165) is 19.3 Å². The van der Waals surface area contributed by atoms with Crippen molar-refractivity contribution < 1.29 is 23.9 Å². The minimum absolute atomic E-state index is 0.117. The Morgan fingerprint density at radius 2 is 1.69 bits per heavy atom.